The molecule has 1 atom stereocenters. The summed E-state index contributed by atoms with van der Waals surface area (Å²) in [4.78, 5) is 4.16. The predicted octanol–water partition coefficient (Wildman–Crippen LogP) is 2.68. The van der Waals surface area contributed by atoms with Gasteiger partial charge in [0.2, 0.25) is 0 Å². The van der Waals surface area contributed by atoms with Gasteiger partial charge in [0, 0.05) is 18.3 Å². The predicted molar refractivity (Wildman–Crippen MR) is 70.9 cm³/mol. The fourth-order valence-electron chi connectivity index (χ4n) is 2.08. The lowest BCUT2D eigenvalue weighted by atomic mass is 9.93. The molecule has 0 fully saturated rings. The lowest BCUT2D eigenvalue weighted by molar-refractivity contribution is 0.691. The molecular weight excluding hydrogens is 208 g/mol. The molecule has 2 nitrogen and oxygen atoms in total. The van der Waals surface area contributed by atoms with Crippen molar-refractivity contribution in [3.8, 4) is 0 Å². The molecule has 0 aliphatic carbocycles. The van der Waals surface area contributed by atoms with Gasteiger partial charge in [-0.05, 0) is 37.1 Å². The summed E-state index contributed by atoms with van der Waals surface area (Å²) in [5.74, 6) is 0.352. The Kier molecular flexibility index (Phi) is 3.89. The van der Waals surface area contributed by atoms with Crippen molar-refractivity contribution in [2.45, 2.75) is 19.3 Å². The minimum atomic E-state index is 0.352. The van der Waals surface area contributed by atoms with Crippen LogP contribution in [-0.2, 0) is 6.42 Å². The molecule has 88 valence electrons. The van der Waals surface area contributed by atoms with Crippen LogP contribution in [0, 0.1) is 6.92 Å². The number of nitrogens with two attached hydrogens (primary N) is 1. The van der Waals surface area contributed by atoms with E-state index in [-0.39, 0.29) is 0 Å². The Balaban J connectivity index is 2.16. The molecule has 0 radical (unpaired) electrons. The highest BCUT2D eigenvalue weighted by molar-refractivity contribution is 5.26. The summed E-state index contributed by atoms with van der Waals surface area (Å²) in [6.45, 7) is 2.77. The Morgan fingerprint density at radius 1 is 1.24 bits per heavy atom. The zero-order valence-electron chi connectivity index (χ0n) is 10.1. The van der Waals surface area contributed by atoms with Crippen molar-refractivity contribution in [1.29, 1.82) is 0 Å². The summed E-state index contributed by atoms with van der Waals surface area (Å²) in [5, 5.41) is 0. The number of rotatable bonds is 4. The summed E-state index contributed by atoms with van der Waals surface area (Å²) >= 11 is 0. The van der Waals surface area contributed by atoms with E-state index in [0.717, 1.165) is 6.42 Å². The van der Waals surface area contributed by atoms with E-state index in [1.807, 2.05) is 12.3 Å². The van der Waals surface area contributed by atoms with Crippen LogP contribution in [0.5, 0.6) is 0 Å². The van der Waals surface area contributed by atoms with Crippen molar-refractivity contribution < 1.29 is 0 Å². The molecule has 2 aromatic rings. The molecule has 0 aliphatic heterocycles. The van der Waals surface area contributed by atoms with Crippen molar-refractivity contribution in [3.05, 3.63) is 65.5 Å². The molecule has 0 spiro atoms. The Bertz CT molecular complexity index is 465. The Morgan fingerprint density at radius 3 is 2.76 bits per heavy atom. The van der Waals surface area contributed by atoms with Crippen molar-refractivity contribution in [1.82, 2.24) is 4.98 Å². The van der Waals surface area contributed by atoms with Gasteiger partial charge in [-0.15, -0.1) is 0 Å². The van der Waals surface area contributed by atoms with Crippen molar-refractivity contribution >= 4 is 0 Å². The maximum atomic E-state index is 5.86. The highest BCUT2D eigenvalue weighted by Crippen LogP contribution is 2.19. The van der Waals surface area contributed by atoms with E-state index in [1.165, 1.54) is 16.7 Å². The number of hydrogen-bond acceptors (Lipinski definition) is 2. The van der Waals surface area contributed by atoms with Crippen LogP contribution >= 0.6 is 0 Å². The first kappa shape index (κ1) is 11.8. The minimum absolute atomic E-state index is 0.352. The lowest BCUT2D eigenvalue weighted by Gasteiger charge is -2.15. The number of nitrogens with zero attached hydrogens (tertiary/aromatic N) is 1. The van der Waals surface area contributed by atoms with Gasteiger partial charge >= 0.3 is 0 Å². The molecule has 0 bridgehead atoms. The van der Waals surface area contributed by atoms with Crippen LogP contribution in [0.4, 0.5) is 0 Å². The van der Waals surface area contributed by atoms with Crippen LogP contribution in [0.2, 0.25) is 0 Å². The third kappa shape index (κ3) is 3.14. The zero-order chi connectivity index (χ0) is 12.1. The van der Waals surface area contributed by atoms with Crippen LogP contribution in [0.15, 0.2) is 48.8 Å². The van der Waals surface area contributed by atoms with Gasteiger partial charge in [-0.3, -0.25) is 4.98 Å². The molecule has 2 heteroatoms. The van der Waals surface area contributed by atoms with Gasteiger partial charge in [0.15, 0.2) is 0 Å². The van der Waals surface area contributed by atoms with Gasteiger partial charge in [-0.1, -0.05) is 35.9 Å². The van der Waals surface area contributed by atoms with E-state index in [2.05, 4.69) is 42.2 Å². The van der Waals surface area contributed by atoms with Crippen LogP contribution in [-0.4, -0.2) is 11.5 Å². The zero-order valence-corrected chi connectivity index (χ0v) is 10.1. The van der Waals surface area contributed by atoms with Crippen molar-refractivity contribution in [2.75, 3.05) is 6.54 Å². The Hall–Kier alpha value is -1.67. The summed E-state index contributed by atoms with van der Waals surface area (Å²) in [5.41, 5.74) is 9.72. The van der Waals surface area contributed by atoms with Gasteiger partial charge in [-0.25, -0.2) is 0 Å². The van der Waals surface area contributed by atoms with E-state index in [4.69, 9.17) is 5.73 Å². The maximum absolute atomic E-state index is 5.86. The van der Waals surface area contributed by atoms with Crippen LogP contribution in [0.25, 0.3) is 0 Å². The van der Waals surface area contributed by atoms with Crippen molar-refractivity contribution in [2.24, 2.45) is 5.73 Å². The molecule has 2 N–H and O–H groups in total. The van der Waals surface area contributed by atoms with Crippen LogP contribution in [0.1, 0.15) is 22.6 Å². The second-order valence-electron chi connectivity index (χ2n) is 4.41. The number of hydrogen-bond donors (Lipinski definition) is 1. The third-order valence-electron chi connectivity index (χ3n) is 3.00. The first-order chi connectivity index (χ1) is 8.29. The summed E-state index contributed by atoms with van der Waals surface area (Å²) in [6, 6.07) is 12.7. The number of aromatic nitrogens is 1. The van der Waals surface area contributed by atoms with Crippen LogP contribution < -0.4 is 5.73 Å². The molecule has 1 aromatic heterocycles. The highest BCUT2D eigenvalue weighted by Gasteiger charge is 2.10. The maximum Gasteiger partial charge on any atom is 0.0303 e. The van der Waals surface area contributed by atoms with Gasteiger partial charge < -0.3 is 5.73 Å². The quantitative estimate of drug-likeness (QED) is 0.870. The SMILES string of the molecule is Cc1cccc(CC(CN)c2cccnc2)c1. The van der Waals surface area contributed by atoms with Gasteiger partial charge in [0.25, 0.3) is 0 Å². The second kappa shape index (κ2) is 5.60. The lowest BCUT2D eigenvalue weighted by Crippen LogP contribution is -2.15. The second-order valence-corrected chi connectivity index (χ2v) is 4.41. The van der Waals surface area contributed by atoms with Gasteiger partial charge in [0.1, 0.15) is 0 Å². The molecule has 0 aliphatic rings. The summed E-state index contributed by atoms with van der Waals surface area (Å²) in [6.07, 6.45) is 4.68. The molecule has 17 heavy (non-hydrogen) atoms. The van der Waals surface area contributed by atoms with E-state index in [0.29, 0.717) is 12.5 Å². The van der Waals surface area contributed by atoms with E-state index >= 15 is 0 Å². The molecule has 1 heterocycles. The van der Waals surface area contributed by atoms with Crippen LogP contribution in [0.3, 0.4) is 0 Å². The minimum Gasteiger partial charge on any atom is -0.330 e. The van der Waals surface area contributed by atoms with Gasteiger partial charge in [0.05, 0.1) is 0 Å². The Morgan fingerprint density at radius 2 is 2.12 bits per heavy atom. The molecule has 1 unspecified atom stereocenters. The Labute approximate surface area is 103 Å². The largest absolute Gasteiger partial charge is 0.330 e. The fraction of sp³-hybridized carbons (Fsp3) is 0.267. The smallest absolute Gasteiger partial charge is 0.0303 e. The molecule has 0 amide bonds. The van der Waals surface area contributed by atoms with Gasteiger partial charge in [-0.2, -0.15) is 0 Å². The monoisotopic (exact) mass is 226 g/mol. The molecule has 1 aromatic carbocycles. The molecule has 0 saturated carbocycles. The summed E-state index contributed by atoms with van der Waals surface area (Å²) < 4.78 is 0. The van der Waals surface area contributed by atoms with Crippen molar-refractivity contribution in [3.63, 3.8) is 0 Å². The first-order valence-electron chi connectivity index (χ1n) is 5.95. The standard InChI is InChI=1S/C15H18N2/c1-12-4-2-5-13(8-12)9-15(10-16)14-6-3-7-17-11-14/h2-8,11,15H,9-10,16H2,1H3. The number of aryl methyl sites for hydroxylation is 1. The molecule has 2 rings (SSSR count). The molecular formula is C15H18N2. The van der Waals surface area contributed by atoms with E-state index < -0.39 is 0 Å². The third-order valence-corrected chi connectivity index (χ3v) is 3.00. The first-order valence-corrected chi connectivity index (χ1v) is 5.95. The topological polar surface area (TPSA) is 38.9 Å². The fourth-order valence-corrected chi connectivity index (χ4v) is 2.08. The van der Waals surface area contributed by atoms with E-state index in [1.54, 1.807) is 6.20 Å². The average Bonchev–Trinajstić information content (AvgIpc) is 2.37. The number of pyridine rings is 1. The normalized spacial score (nSPS) is 12.4. The highest BCUT2D eigenvalue weighted by atomic mass is 14.6. The van der Waals surface area contributed by atoms with E-state index in [9.17, 15) is 0 Å². The average molecular weight is 226 g/mol. The molecule has 0 saturated heterocycles. The number of benzene rings is 1. The summed E-state index contributed by atoms with van der Waals surface area (Å²) in [7, 11) is 0.